The molecule has 27 heavy (non-hydrogen) atoms. The van der Waals surface area contributed by atoms with Crippen LogP contribution in [0.15, 0.2) is 12.1 Å². The van der Waals surface area contributed by atoms with Crippen LogP contribution < -0.4 is 4.74 Å². The number of aryl methyl sites for hydroxylation is 1. The zero-order chi connectivity index (χ0) is 19.0. The van der Waals surface area contributed by atoms with Crippen molar-refractivity contribution in [2.75, 3.05) is 27.8 Å². The predicted octanol–water partition coefficient (Wildman–Crippen LogP) is 5.12. The first-order valence-corrected chi connectivity index (χ1v) is 11.2. The van der Waals surface area contributed by atoms with E-state index in [0.717, 1.165) is 24.0 Å². The normalized spacial score (nSPS) is 34.7. The van der Waals surface area contributed by atoms with Gasteiger partial charge in [-0.1, -0.05) is 6.92 Å². The van der Waals surface area contributed by atoms with Gasteiger partial charge in [0.2, 0.25) is 0 Å². The molecular formula is C22H31IO4. The van der Waals surface area contributed by atoms with Gasteiger partial charge < -0.3 is 18.9 Å². The molecular weight excluding hydrogens is 455 g/mol. The van der Waals surface area contributed by atoms with Crippen molar-refractivity contribution in [2.45, 2.75) is 57.5 Å². The fourth-order valence-corrected chi connectivity index (χ4v) is 6.83. The number of benzene rings is 1. The lowest BCUT2D eigenvalue weighted by Gasteiger charge is -2.50. The maximum atomic E-state index is 6.09. The highest BCUT2D eigenvalue weighted by Gasteiger charge is 2.55. The molecule has 4 nitrogen and oxygen atoms in total. The standard InChI is InChI=1S/C22H31IO4/c1-22-9-8-15-16(18(22)6-7-21(22)27-13-25-3)5-4-14-10-20(26-12-24-2)19(23)11-17(14)15/h10-11,15-16,18,21H,4-9,12-13H2,1-3H3/t15-,16+,18-,21-,22-/m0/s1. The number of hydrogen-bond acceptors (Lipinski definition) is 4. The molecule has 3 aliphatic rings. The average molecular weight is 486 g/mol. The monoisotopic (exact) mass is 486 g/mol. The Hall–Kier alpha value is -0.370. The van der Waals surface area contributed by atoms with Gasteiger partial charge in [-0.15, -0.1) is 0 Å². The van der Waals surface area contributed by atoms with Gasteiger partial charge in [0.25, 0.3) is 0 Å². The molecule has 5 atom stereocenters. The van der Waals surface area contributed by atoms with Crippen LogP contribution in [-0.2, 0) is 20.6 Å². The van der Waals surface area contributed by atoms with Crippen molar-refractivity contribution in [3.05, 3.63) is 26.8 Å². The number of methoxy groups -OCH3 is 2. The molecule has 3 aliphatic carbocycles. The van der Waals surface area contributed by atoms with Crippen molar-refractivity contribution in [3.63, 3.8) is 0 Å². The molecule has 0 N–H and O–H groups in total. The highest BCUT2D eigenvalue weighted by molar-refractivity contribution is 14.1. The molecule has 1 aromatic carbocycles. The van der Waals surface area contributed by atoms with E-state index < -0.39 is 0 Å². The Balaban J connectivity index is 1.57. The zero-order valence-electron chi connectivity index (χ0n) is 16.6. The third-order valence-electron chi connectivity index (χ3n) is 7.41. The number of rotatable bonds is 6. The average Bonchev–Trinajstić information content (AvgIpc) is 3.01. The van der Waals surface area contributed by atoms with Crippen molar-refractivity contribution < 1.29 is 18.9 Å². The molecule has 0 unspecified atom stereocenters. The van der Waals surface area contributed by atoms with Crippen molar-refractivity contribution in [1.82, 2.24) is 0 Å². The molecule has 2 saturated carbocycles. The molecule has 5 heteroatoms. The summed E-state index contributed by atoms with van der Waals surface area (Å²) in [6.45, 7) is 3.21. The lowest BCUT2D eigenvalue weighted by atomic mass is 9.55. The molecule has 2 fully saturated rings. The van der Waals surface area contributed by atoms with Crippen LogP contribution in [0.5, 0.6) is 5.75 Å². The number of hydrogen-bond donors (Lipinski definition) is 0. The van der Waals surface area contributed by atoms with Crippen LogP contribution in [0.4, 0.5) is 0 Å². The second-order valence-corrected chi connectivity index (χ2v) is 9.79. The second kappa shape index (κ2) is 8.17. The highest BCUT2D eigenvalue weighted by Crippen LogP contribution is 2.61. The minimum atomic E-state index is 0.310. The fraction of sp³-hybridized carbons (Fsp3) is 0.727. The van der Waals surface area contributed by atoms with E-state index in [-0.39, 0.29) is 0 Å². The Kier molecular flexibility index (Phi) is 6.03. The summed E-state index contributed by atoms with van der Waals surface area (Å²) in [5.41, 5.74) is 3.37. The Morgan fingerprint density at radius 1 is 1.07 bits per heavy atom. The van der Waals surface area contributed by atoms with Gasteiger partial charge >= 0.3 is 0 Å². The van der Waals surface area contributed by atoms with Gasteiger partial charge in [0.05, 0.1) is 9.67 Å². The van der Waals surface area contributed by atoms with Crippen LogP contribution >= 0.6 is 22.6 Å². The number of ether oxygens (including phenoxy) is 4. The molecule has 0 aliphatic heterocycles. The summed E-state index contributed by atoms with van der Waals surface area (Å²) in [4.78, 5) is 0. The molecule has 0 bridgehead atoms. The number of halogens is 1. The first kappa shape index (κ1) is 19.9. The highest BCUT2D eigenvalue weighted by atomic mass is 127. The number of fused-ring (bicyclic) bond motifs is 5. The maximum Gasteiger partial charge on any atom is 0.188 e. The minimum Gasteiger partial charge on any atom is -0.466 e. The Morgan fingerprint density at radius 3 is 2.67 bits per heavy atom. The summed E-state index contributed by atoms with van der Waals surface area (Å²) in [6, 6.07) is 4.65. The van der Waals surface area contributed by atoms with Gasteiger partial charge in [0, 0.05) is 14.2 Å². The summed E-state index contributed by atoms with van der Waals surface area (Å²) in [7, 11) is 3.38. The van der Waals surface area contributed by atoms with Gasteiger partial charge in [-0.2, -0.15) is 0 Å². The summed E-state index contributed by atoms with van der Waals surface area (Å²) >= 11 is 2.41. The lowest BCUT2D eigenvalue weighted by Crippen LogP contribution is -2.44. The predicted molar refractivity (Wildman–Crippen MR) is 113 cm³/mol. The minimum absolute atomic E-state index is 0.310. The largest absolute Gasteiger partial charge is 0.466 e. The first-order chi connectivity index (χ1) is 13.1. The van der Waals surface area contributed by atoms with Crippen LogP contribution in [-0.4, -0.2) is 33.9 Å². The van der Waals surface area contributed by atoms with Gasteiger partial charge in [-0.05, 0) is 108 Å². The summed E-state index contributed by atoms with van der Waals surface area (Å²) < 4.78 is 23.3. The van der Waals surface area contributed by atoms with Crippen molar-refractivity contribution in [3.8, 4) is 5.75 Å². The van der Waals surface area contributed by atoms with Gasteiger partial charge in [-0.25, -0.2) is 0 Å². The third kappa shape index (κ3) is 3.53. The molecule has 0 aromatic heterocycles. The fourth-order valence-electron chi connectivity index (χ4n) is 6.18. The second-order valence-electron chi connectivity index (χ2n) is 8.63. The molecule has 0 spiro atoms. The van der Waals surface area contributed by atoms with E-state index in [1.165, 1.54) is 41.2 Å². The van der Waals surface area contributed by atoms with Crippen LogP contribution in [0.25, 0.3) is 0 Å². The van der Waals surface area contributed by atoms with E-state index in [1.807, 2.05) is 0 Å². The third-order valence-corrected chi connectivity index (χ3v) is 8.25. The SMILES string of the molecule is COCOc1cc2c(cc1I)[C@H]1CC[C@]3(C)[C@@H](OCOC)CC[C@H]3[C@@H]1CC2. The first-order valence-electron chi connectivity index (χ1n) is 10.1. The van der Waals surface area contributed by atoms with Crippen molar-refractivity contribution in [2.24, 2.45) is 17.3 Å². The Morgan fingerprint density at radius 2 is 1.89 bits per heavy atom. The summed E-state index contributed by atoms with van der Waals surface area (Å²) in [5.74, 6) is 3.21. The van der Waals surface area contributed by atoms with Crippen molar-refractivity contribution in [1.29, 1.82) is 0 Å². The summed E-state index contributed by atoms with van der Waals surface area (Å²) in [5, 5.41) is 0. The van der Waals surface area contributed by atoms with E-state index in [2.05, 4.69) is 41.6 Å². The van der Waals surface area contributed by atoms with E-state index in [1.54, 1.807) is 19.8 Å². The lowest BCUT2D eigenvalue weighted by molar-refractivity contribution is -0.125. The van der Waals surface area contributed by atoms with Crippen LogP contribution in [0.1, 0.15) is 56.1 Å². The van der Waals surface area contributed by atoms with E-state index >= 15 is 0 Å². The van der Waals surface area contributed by atoms with E-state index in [9.17, 15) is 0 Å². The zero-order valence-corrected chi connectivity index (χ0v) is 18.8. The van der Waals surface area contributed by atoms with Gasteiger partial charge in [-0.3, -0.25) is 0 Å². The molecule has 0 radical (unpaired) electrons. The van der Waals surface area contributed by atoms with E-state index in [0.29, 0.717) is 31.0 Å². The molecule has 0 amide bonds. The topological polar surface area (TPSA) is 36.9 Å². The quantitative estimate of drug-likeness (QED) is 0.413. The molecule has 4 rings (SSSR count). The van der Waals surface area contributed by atoms with Gasteiger partial charge in [0.1, 0.15) is 12.5 Å². The Bertz CT molecular complexity index is 679. The Labute approximate surface area is 176 Å². The maximum absolute atomic E-state index is 6.09. The van der Waals surface area contributed by atoms with Gasteiger partial charge in [0.15, 0.2) is 6.79 Å². The summed E-state index contributed by atoms with van der Waals surface area (Å²) in [6.07, 6.45) is 7.81. The smallest absolute Gasteiger partial charge is 0.188 e. The molecule has 0 heterocycles. The molecule has 150 valence electrons. The van der Waals surface area contributed by atoms with Crippen LogP contribution in [0, 0.1) is 20.8 Å². The van der Waals surface area contributed by atoms with Crippen LogP contribution in [0.2, 0.25) is 0 Å². The van der Waals surface area contributed by atoms with Crippen LogP contribution in [0.3, 0.4) is 0 Å². The molecule has 0 saturated heterocycles. The van der Waals surface area contributed by atoms with E-state index in [4.69, 9.17) is 18.9 Å². The van der Waals surface area contributed by atoms with Crippen molar-refractivity contribution >= 4 is 22.6 Å². The molecule has 1 aromatic rings.